The van der Waals surface area contributed by atoms with Gasteiger partial charge in [-0.1, -0.05) is 31.9 Å². The standard InChI is InChI=1S/C16H12Br3NO/c1-9(20-14-8-12(18)2-4-13(14)19)16-7-10-6-11(17)3-5-15(10)21-16/h2-9,20H,1H3. The van der Waals surface area contributed by atoms with Crippen LogP contribution in [0.2, 0.25) is 0 Å². The van der Waals surface area contributed by atoms with Crippen molar-refractivity contribution in [2.45, 2.75) is 13.0 Å². The van der Waals surface area contributed by atoms with Gasteiger partial charge in [-0.05, 0) is 65.3 Å². The van der Waals surface area contributed by atoms with Crippen molar-refractivity contribution < 1.29 is 4.42 Å². The first-order valence-electron chi connectivity index (χ1n) is 6.43. The van der Waals surface area contributed by atoms with Crippen LogP contribution in [-0.4, -0.2) is 0 Å². The van der Waals surface area contributed by atoms with Gasteiger partial charge in [-0.3, -0.25) is 0 Å². The lowest BCUT2D eigenvalue weighted by atomic mass is 10.2. The van der Waals surface area contributed by atoms with E-state index < -0.39 is 0 Å². The SMILES string of the molecule is CC(Nc1cc(Br)ccc1Br)c1cc2cc(Br)ccc2o1. The minimum Gasteiger partial charge on any atom is -0.459 e. The molecule has 2 aromatic carbocycles. The predicted octanol–water partition coefficient (Wildman–Crippen LogP) is 6.89. The Labute approximate surface area is 148 Å². The first-order chi connectivity index (χ1) is 10.0. The molecule has 1 unspecified atom stereocenters. The van der Waals surface area contributed by atoms with Crippen molar-refractivity contribution in [2.75, 3.05) is 5.32 Å². The van der Waals surface area contributed by atoms with Gasteiger partial charge in [0.2, 0.25) is 0 Å². The van der Waals surface area contributed by atoms with E-state index >= 15 is 0 Å². The lowest BCUT2D eigenvalue weighted by Crippen LogP contribution is -2.05. The molecule has 1 N–H and O–H groups in total. The highest BCUT2D eigenvalue weighted by Crippen LogP contribution is 2.32. The van der Waals surface area contributed by atoms with Crippen molar-refractivity contribution in [3.8, 4) is 0 Å². The van der Waals surface area contributed by atoms with Crippen LogP contribution in [0, 0.1) is 0 Å². The zero-order valence-electron chi connectivity index (χ0n) is 11.2. The number of hydrogen-bond acceptors (Lipinski definition) is 2. The predicted molar refractivity (Wildman–Crippen MR) is 97.8 cm³/mol. The van der Waals surface area contributed by atoms with Crippen LogP contribution in [0.3, 0.4) is 0 Å². The molecule has 1 heterocycles. The first kappa shape index (κ1) is 15.1. The molecule has 1 atom stereocenters. The highest BCUT2D eigenvalue weighted by Gasteiger charge is 2.13. The van der Waals surface area contributed by atoms with Crippen LogP contribution in [-0.2, 0) is 0 Å². The summed E-state index contributed by atoms with van der Waals surface area (Å²) in [5, 5.41) is 4.56. The lowest BCUT2D eigenvalue weighted by Gasteiger charge is -2.14. The van der Waals surface area contributed by atoms with Gasteiger partial charge in [0, 0.05) is 18.8 Å². The minimum atomic E-state index is 0.0711. The van der Waals surface area contributed by atoms with Crippen molar-refractivity contribution in [2.24, 2.45) is 0 Å². The number of hydrogen-bond donors (Lipinski definition) is 1. The maximum Gasteiger partial charge on any atom is 0.134 e. The number of fused-ring (bicyclic) bond motifs is 1. The first-order valence-corrected chi connectivity index (χ1v) is 8.81. The summed E-state index contributed by atoms with van der Waals surface area (Å²) in [4.78, 5) is 0. The number of furan rings is 1. The van der Waals surface area contributed by atoms with Crippen LogP contribution in [0.5, 0.6) is 0 Å². The molecule has 0 radical (unpaired) electrons. The van der Waals surface area contributed by atoms with E-state index in [1.54, 1.807) is 0 Å². The maximum absolute atomic E-state index is 5.92. The van der Waals surface area contributed by atoms with Gasteiger partial charge >= 0.3 is 0 Å². The van der Waals surface area contributed by atoms with E-state index in [0.717, 1.165) is 35.8 Å². The zero-order chi connectivity index (χ0) is 15.0. The molecule has 0 fully saturated rings. The highest BCUT2D eigenvalue weighted by atomic mass is 79.9. The summed E-state index contributed by atoms with van der Waals surface area (Å²) in [6.45, 7) is 2.08. The number of anilines is 1. The Morgan fingerprint density at radius 3 is 2.48 bits per heavy atom. The van der Waals surface area contributed by atoms with Gasteiger partial charge in [0.15, 0.2) is 0 Å². The molecule has 3 rings (SSSR count). The van der Waals surface area contributed by atoms with Crippen LogP contribution in [0.4, 0.5) is 5.69 Å². The van der Waals surface area contributed by atoms with Gasteiger partial charge in [-0.15, -0.1) is 0 Å². The maximum atomic E-state index is 5.92. The second kappa shape index (κ2) is 6.15. The summed E-state index contributed by atoms with van der Waals surface area (Å²) < 4.78 is 9.03. The molecule has 0 aliphatic heterocycles. The molecule has 0 saturated heterocycles. The fourth-order valence-electron chi connectivity index (χ4n) is 2.16. The topological polar surface area (TPSA) is 25.2 Å². The van der Waals surface area contributed by atoms with E-state index in [2.05, 4.69) is 72.2 Å². The van der Waals surface area contributed by atoms with E-state index in [1.165, 1.54) is 0 Å². The normalized spacial score (nSPS) is 12.6. The van der Waals surface area contributed by atoms with Crippen LogP contribution in [0.25, 0.3) is 11.0 Å². The summed E-state index contributed by atoms with van der Waals surface area (Å²) >= 11 is 10.5. The molecule has 0 aliphatic carbocycles. The van der Waals surface area contributed by atoms with Crippen molar-refractivity contribution in [3.63, 3.8) is 0 Å². The Balaban J connectivity index is 1.89. The Kier molecular flexibility index (Phi) is 4.43. The van der Waals surface area contributed by atoms with Gasteiger partial charge in [-0.2, -0.15) is 0 Å². The average Bonchev–Trinajstić information content (AvgIpc) is 2.86. The van der Waals surface area contributed by atoms with Crippen LogP contribution >= 0.6 is 47.8 Å². The van der Waals surface area contributed by atoms with Crippen molar-refractivity contribution in [3.05, 3.63) is 61.6 Å². The largest absolute Gasteiger partial charge is 0.459 e. The van der Waals surface area contributed by atoms with Crippen LogP contribution in [0.1, 0.15) is 18.7 Å². The number of rotatable bonds is 3. The van der Waals surface area contributed by atoms with Crippen molar-refractivity contribution in [1.29, 1.82) is 0 Å². The smallest absolute Gasteiger partial charge is 0.134 e. The molecule has 21 heavy (non-hydrogen) atoms. The van der Waals surface area contributed by atoms with E-state index in [-0.39, 0.29) is 6.04 Å². The molecular formula is C16H12Br3NO. The van der Waals surface area contributed by atoms with Gasteiger partial charge < -0.3 is 9.73 Å². The van der Waals surface area contributed by atoms with Crippen LogP contribution < -0.4 is 5.32 Å². The highest BCUT2D eigenvalue weighted by molar-refractivity contribution is 9.11. The quantitative estimate of drug-likeness (QED) is 0.448. The third kappa shape index (κ3) is 3.35. The molecule has 0 amide bonds. The molecule has 3 aromatic rings. The second-order valence-corrected chi connectivity index (χ2v) is 7.51. The molecule has 0 aliphatic rings. The summed E-state index contributed by atoms with van der Waals surface area (Å²) in [6, 6.07) is 14.2. The molecule has 0 saturated carbocycles. The van der Waals surface area contributed by atoms with Crippen molar-refractivity contribution in [1.82, 2.24) is 0 Å². The zero-order valence-corrected chi connectivity index (χ0v) is 15.9. The Morgan fingerprint density at radius 1 is 0.952 bits per heavy atom. The molecular weight excluding hydrogens is 462 g/mol. The van der Waals surface area contributed by atoms with E-state index in [1.807, 2.05) is 30.3 Å². The average molecular weight is 474 g/mol. The van der Waals surface area contributed by atoms with Gasteiger partial charge in [-0.25, -0.2) is 0 Å². The lowest BCUT2D eigenvalue weighted by molar-refractivity contribution is 0.526. The molecule has 2 nitrogen and oxygen atoms in total. The molecule has 108 valence electrons. The Hall–Kier alpha value is -0.780. The molecule has 5 heteroatoms. The van der Waals surface area contributed by atoms with Crippen molar-refractivity contribution >= 4 is 64.4 Å². The second-order valence-electron chi connectivity index (χ2n) is 4.82. The molecule has 1 aromatic heterocycles. The fourth-order valence-corrected chi connectivity index (χ4v) is 3.26. The van der Waals surface area contributed by atoms with E-state index in [4.69, 9.17) is 4.42 Å². The third-order valence-corrected chi connectivity index (χ3v) is 4.90. The minimum absolute atomic E-state index is 0.0711. The Morgan fingerprint density at radius 2 is 1.67 bits per heavy atom. The van der Waals surface area contributed by atoms with Gasteiger partial charge in [0.05, 0.1) is 11.7 Å². The number of halogens is 3. The van der Waals surface area contributed by atoms with E-state index in [0.29, 0.717) is 0 Å². The monoisotopic (exact) mass is 471 g/mol. The summed E-state index contributed by atoms with van der Waals surface area (Å²) in [5.41, 5.74) is 1.92. The number of nitrogens with one attached hydrogen (secondary N) is 1. The van der Waals surface area contributed by atoms with E-state index in [9.17, 15) is 0 Å². The summed E-state index contributed by atoms with van der Waals surface area (Å²) in [6.07, 6.45) is 0. The number of benzene rings is 2. The van der Waals surface area contributed by atoms with Gasteiger partial charge in [0.1, 0.15) is 11.3 Å². The summed E-state index contributed by atoms with van der Waals surface area (Å²) in [5.74, 6) is 0.912. The molecule has 0 bridgehead atoms. The fraction of sp³-hybridized carbons (Fsp3) is 0.125. The summed E-state index contributed by atoms with van der Waals surface area (Å²) in [7, 11) is 0. The van der Waals surface area contributed by atoms with Crippen LogP contribution in [0.15, 0.2) is 60.3 Å². The van der Waals surface area contributed by atoms with Gasteiger partial charge in [0.25, 0.3) is 0 Å². The third-order valence-electron chi connectivity index (χ3n) is 3.22. The Bertz CT molecular complexity index is 797. The molecule has 0 spiro atoms.